The van der Waals surface area contributed by atoms with E-state index < -0.39 is 5.97 Å². The monoisotopic (exact) mass is 248 g/mol. The van der Waals surface area contributed by atoms with E-state index in [9.17, 15) is 4.79 Å². The van der Waals surface area contributed by atoms with E-state index in [-0.39, 0.29) is 6.54 Å². The number of nitrogens with one attached hydrogen (secondary N) is 1. The second-order valence-corrected chi connectivity index (χ2v) is 3.42. The zero-order chi connectivity index (χ0) is 13.8. The third kappa shape index (κ3) is 7.24. The fourth-order valence-electron chi connectivity index (χ4n) is 1.20. The Bertz CT molecular complexity index is 389. The second kappa shape index (κ2) is 10.1. The van der Waals surface area contributed by atoms with Crippen LogP contribution in [0.2, 0.25) is 0 Å². The summed E-state index contributed by atoms with van der Waals surface area (Å²) in [5.41, 5.74) is 6.83. The van der Waals surface area contributed by atoms with Gasteiger partial charge in [0.15, 0.2) is 0 Å². The first-order valence-corrected chi connectivity index (χ1v) is 5.61. The predicted octanol–water partition coefficient (Wildman–Crippen LogP) is 2.04. The number of nitrogens with two attached hydrogens (primary N) is 1. The summed E-state index contributed by atoms with van der Waals surface area (Å²) in [6.45, 7) is 7.52. The van der Waals surface area contributed by atoms with E-state index in [1.54, 1.807) is 12.2 Å². The Balaban J connectivity index is 0.000000631. The summed E-state index contributed by atoms with van der Waals surface area (Å²) < 4.78 is 0. The first-order valence-electron chi connectivity index (χ1n) is 5.61. The molecule has 0 aromatic heterocycles. The van der Waals surface area contributed by atoms with E-state index in [4.69, 9.17) is 10.8 Å². The van der Waals surface area contributed by atoms with Crippen LogP contribution in [0.4, 0.5) is 5.69 Å². The Morgan fingerprint density at radius 3 is 2.44 bits per heavy atom. The van der Waals surface area contributed by atoms with Crippen molar-refractivity contribution < 1.29 is 9.90 Å². The van der Waals surface area contributed by atoms with Gasteiger partial charge in [-0.15, -0.1) is 13.2 Å². The number of hydrogen-bond acceptors (Lipinski definition) is 3. The van der Waals surface area contributed by atoms with Crippen molar-refractivity contribution in [3.63, 3.8) is 0 Å². The molecule has 0 amide bonds. The highest BCUT2D eigenvalue weighted by Gasteiger charge is 2.01. The SMILES string of the molecule is C=CCN.C=CCc1ccccc1NCC(=O)O. The molecule has 4 nitrogen and oxygen atoms in total. The highest BCUT2D eigenvalue weighted by atomic mass is 16.4. The van der Waals surface area contributed by atoms with Gasteiger partial charge in [-0.2, -0.15) is 0 Å². The quantitative estimate of drug-likeness (QED) is 0.673. The number of anilines is 1. The molecule has 0 saturated heterocycles. The lowest BCUT2D eigenvalue weighted by atomic mass is 10.1. The van der Waals surface area contributed by atoms with Gasteiger partial charge >= 0.3 is 5.97 Å². The van der Waals surface area contributed by atoms with Gasteiger partial charge in [0.25, 0.3) is 0 Å². The van der Waals surface area contributed by atoms with Gasteiger partial charge in [0.05, 0.1) is 0 Å². The normalized spacial score (nSPS) is 8.72. The lowest BCUT2D eigenvalue weighted by Gasteiger charge is -2.08. The zero-order valence-corrected chi connectivity index (χ0v) is 10.4. The van der Waals surface area contributed by atoms with E-state index in [0.717, 1.165) is 17.7 Å². The molecule has 18 heavy (non-hydrogen) atoms. The average molecular weight is 248 g/mol. The van der Waals surface area contributed by atoms with Crippen LogP contribution >= 0.6 is 0 Å². The molecule has 98 valence electrons. The van der Waals surface area contributed by atoms with Crippen molar-refractivity contribution in [3.05, 3.63) is 55.1 Å². The lowest BCUT2D eigenvalue weighted by molar-refractivity contribution is -0.134. The Morgan fingerprint density at radius 1 is 1.33 bits per heavy atom. The predicted molar refractivity (Wildman–Crippen MR) is 75.7 cm³/mol. The molecule has 0 saturated carbocycles. The van der Waals surface area contributed by atoms with Crippen LogP contribution in [0.5, 0.6) is 0 Å². The van der Waals surface area contributed by atoms with Gasteiger partial charge in [-0.25, -0.2) is 0 Å². The molecule has 1 rings (SSSR count). The third-order valence-electron chi connectivity index (χ3n) is 1.98. The number of hydrogen-bond donors (Lipinski definition) is 3. The maximum Gasteiger partial charge on any atom is 0.322 e. The summed E-state index contributed by atoms with van der Waals surface area (Å²) in [6.07, 6.45) is 4.18. The molecule has 4 N–H and O–H groups in total. The van der Waals surface area contributed by atoms with E-state index in [1.165, 1.54) is 0 Å². The van der Waals surface area contributed by atoms with Crippen molar-refractivity contribution in [3.8, 4) is 0 Å². The molecule has 0 atom stereocenters. The molecule has 0 aliphatic rings. The number of rotatable bonds is 6. The van der Waals surface area contributed by atoms with Crippen LogP contribution < -0.4 is 11.1 Å². The van der Waals surface area contributed by atoms with Crippen molar-refractivity contribution in [1.82, 2.24) is 0 Å². The summed E-state index contributed by atoms with van der Waals surface area (Å²) in [5.74, 6) is -0.863. The van der Waals surface area contributed by atoms with Gasteiger partial charge in [-0.3, -0.25) is 4.79 Å². The van der Waals surface area contributed by atoms with E-state index in [2.05, 4.69) is 18.5 Å². The Morgan fingerprint density at radius 2 is 1.94 bits per heavy atom. The fraction of sp³-hybridized carbons (Fsp3) is 0.214. The molecule has 0 aliphatic heterocycles. The van der Waals surface area contributed by atoms with Gasteiger partial charge in [0.1, 0.15) is 6.54 Å². The number of allylic oxidation sites excluding steroid dienone is 1. The minimum absolute atomic E-state index is 0.0614. The number of para-hydroxylation sites is 1. The number of benzene rings is 1. The highest BCUT2D eigenvalue weighted by molar-refractivity contribution is 5.73. The summed E-state index contributed by atoms with van der Waals surface area (Å²) in [5, 5.41) is 11.4. The van der Waals surface area contributed by atoms with Crippen LogP contribution in [-0.4, -0.2) is 24.2 Å². The molecule has 1 aromatic rings. The lowest BCUT2D eigenvalue weighted by Crippen LogP contribution is -2.13. The molecule has 4 heteroatoms. The minimum atomic E-state index is -0.863. The number of carboxylic acids is 1. The second-order valence-electron chi connectivity index (χ2n) is 3.42. The smallest absolute Gasteiger partial charge is 0.322 e. The number of aliphatic carboxylic acids is 1. The Kier molecular flexibility index (Phi) is 8.95. The molecule has 0 fully saturated rings. The molecule has 0 radical (unpaired) electrons. The van der Waals surface area contributed by atoms with Gasteiger partial charge in [0.2, 0.25) is 0 Å². The number of carbonyl (C=O) groups is 1. The molecule has 0 bridgehead atoms. The van der Waals surface area contributed by atoms with Crippen LogP contribution in [0.1, 0.15) is 5.56 Å². The summed E-state index contributed by atoms with van der Waals surface area (Å²) in [4.78, 5) is 10.4. The summed E-state index contributed by atoms with van der Waals surface area (Å²) in [7, 11) is 0. The summed E-state index contributed by atoms with van der Waals surface area (Å²) >= 11 is 0. The van der Waals surface area contributed by atoms with Crippen LogP contribution in [0.25, 0.3) is 0 Å². The summed E-state index contributed by atoms with van der Waals surface area (Å²) in [6, 6.07) is 7.61. The zero-order valence-electron chi connectivity index (χ0n) is 10.4. The average Bonchev–Trinajstić information content (AvgIpc) is 2.38. The van der Waals surface area contributed by atoms with E-state index in [1.807, 2.05) is 24.3 Å². The van der Waals surface area contributed by atoms with E-state index in [0.29, 0.717) is 6.54 Å². The third-order valence-corrected chi connectivity index (χ3v) is 1.98. The van der Waals surface area contributed by atoms with E-state index >= 15 is 0 Å². The van der Waals surface area contributed by atoms with Crippen LogP contribution in [-0.2, 0) is 11.2 Å². The standard InChI is InChI=1S/C11H13NO2.C3H7N/c1-2-5-9-6-3-4-7-10(9)12-8-11(13)14;1-2-3-4/h2-4,6-7,12H,1,5,8H2,(H,13,14);2H,1,3-4H2. The number of carboxylic acid groups (broad SMARTS) is 1. The van der Waals surface area contributed by atoms with Crippen molar-refractivity contribution >= 4 is 11.7 Å². The van der Waals surface area contributed by atoms with Crippen molar-refractivity contribution in [1.29, 1.82) is 0 Å². The van der Waals surface area contributed by atoms with Gasteiger partial charge < -0.3 is 16.2 Å². The first-order chi connectivity index (χ1) is 8.65. The largest absolute Gasteiger partial charge is 0.480 e. The minimum Gasteiger partial charge on any atom is -0.480 e. The van der Waals surface area contributed by atoms with Crippen LogP contribution in [0.3, 0.4) is 0 Å². The molecular formula is C14H20N2O2. The van der Waals surface area contributed by atoms with Crippen LogP contribution in [0.15, 0.2) is 49.6 Å². The topological polar surface area (TPSA) is 75.3 Å². The van der Waals surface area contributed by atoms with Gasteiger partial charge in [-0.05, 0) is 18.1 Å². The molecular weight excluding hydrogens is 228 g/mol. The maximum absolute atomic E-state index is 10.4. The van der Waals surface area contributed by atoms with Gasteiger partial charge in [0, 0.05) is 12.2 Å². The van der Waals surface area contributed by atoms with Crippen molar-refractivity contribution in [2.45, 2.75) is 6.42 Å². The molecule has 0 heterocycles. The molecule has 0 aliphatic carbocycles. The first kappa shape index (κ1) is 15.9. The maximum atomic E-state index is 10.4. The van der Waals surface area contributed by atoms with Crippen molar-refractivity contribution in [2.75, 3.05) is 18.4 Å². The van der Waals surface area contributed by atoms with Crippen LogP contribution in [0, 0.1) is 0 Å². The fourth-order valence-corrected chi connectivity index (χ4v) is 1.20. The molecule has 0 spiro atoms. The van der Waals surface area contributed by atoms with Crippen molar-refractivity contribution in [2.24, 2.45) is 5.73 Å². The molecule has 1 aromatic carbocycles. The Hall–Kier alpha value is -2.07. The van der Waals surface area contributed by atoms with Gasteiger partial charge in [-0.1, -0.05) is 30.4 Å². The molecule has 0 unspecified atom stereocenters. The Labute approximate surface area is 108 Å². The highest BCUT2D eigenvalue weighted by Crippen LogP contribution is 2.15.